The lowest BCUT2D eigenvalue weighted by Gasteiger charge is -2.24. The quantitative estimate of drug-likeness (QED) is 0.833. The Bertz CT molecular complexity index is 519. The third-order valence-electron chi connectivity index (χ3n) is 5.75. The summed E-state index contributed by atoms with van der Waals surface area (Å²) in [5, 5.41) is 0. The molecule has 2 heterocycles. The average molecular weight is 301 g/mol. The van der Waals surface area contributed by atoms with E-state index in [-0.39, 0.29) is 5.91 Å². The zero-order chi connectivity index (χ0) is 15.7. The minimum absolute atomic E-state index is 0.183. The second-order valence-corrected chi connectivity index (χ2v) is 7.04. The summed E-state index contributed by atoms with van der Waals surface area (Å²) < 4.78 is 5.42. The highest BCUT2D eigenvalue weighted by molar-refractivity contribution is 5.94. The summed E-state index contributed by atoms with van der Waals surface area (Å²) in [6.07, 6.45) is 2.18. The minimum atomic E-state index is 0.183. The molecule has 3 atom stereocenters. The molecule has 1 amide bonds. The molecule has 1 aromatic rings. The molecule has 1 aromatic carbocycles. The molecule has 3 heteroatoms. The van der Waals surface area contributed by atoms with Gasteiger partial charge in [-0.1, -0.05) is 26.0 Å². The van der Waals surface area contributed by atoms with E-state index in [0.717, 1.165) is 38.2 Å². The maximum Gasteiger partial charge on any atom is 0.254 e. The van der Waals surface area contributed by atoms with E-state index in [9.17, 15) is 4.79 Å². The molecule has 3 rings (SSSR count). The lowest BCUT2D eigenvalue weighted by molar-refractivity contribution is 0.0733. The summed E-state index contributed by atoms with van der Waals surface area (Å²) in [5.41, 5.74) is 2.17. The Morgan fingerprint density at radius 3 is 2.27 bits per heavy atom. The second kappa shape index (κ2) is 6.41. The van der Waals surface area contributed by atoms with Gasteiger partial charge in [-0.2, -0.15) is 0 Å². The third kappa shape index (κ3) is 2.91. The summed E-state index contributed by atoms with van der Waals surface area (Å²) in [6.45, 7) is 9.24. The van der Waals surface area contributed by atoms with Crippen LogP contribution in [0.4, 0.5) is 0 Å². The first kappa shape index (κ1) is 15.5. The molecule has 2 aliphatic heterocycles. The Balaban J connectivity index is 1.71. The third-order valence-corrected chi connectivity index (χ3v) is 5.75. The number of hydrogen-bond acceptors (Lipinski definition) is 2. The molecule has 2 fully saturated rings. The second-order valence-electron chi connectivity index (χ2n) is 7.04. The number of carbonyl (C=O) groups is 1. The monoisotopic (exact) mass is 301 g/mol. The van der Waals surface area contributed by atoms with Crippen molar-refractivity contribution in [2.45, 2.75) is 45.6 Å². The first-order valence-electron chi connectivity index (χ1n) is 8.56. The predicted octanol–water partition coefficient (Wildman–Crippen LogP) is 3.70. The topological polar surface area (TPSA) is 29.5 Å². The van der Waals surface area contributed by atoms with E-state index in [1.807, 2.05) is 17.0 Å². The van der Waals surface area contributed by atoms with Crippen molar-refractivity contribution in [3.8, 4) is 0 Å². The highest BCUT2D eigenvalue weighted by Gasteiger charge is 2.36. The van der Waals surface area contributed by atoms with Crippen LogP contribution in [0.15, 0.2) is 24.3 Å². The van der Waals surface area contributed by atoms with Gasteiger partial charge in [-0.15, -0.1) is 0 Å². The molecule has 120 valence electrons. The standard InChI is InChI=1S/C19H27NO2/c1-13-12-20(15(3)14(13)2)19(21)18-6-4-16(5-7-18)17-8-10-22-11-9-17/h4-7,13-15,17H,8-12H2,1-3H3. The summed E-state index contributed by atoms with van der Waals surface area (Å²) >= 11 is 0. The van der Waals surface area contributed by atoms with Crippen molar-refractivity contribution in [3.05, 3.63) is 35.4 Å². The molecule has 0 aliphatic carbocycles. The van der Waals surface area contributed by atoms with Gasteiger partial charge >= 0.3 is 0 Å². The minimum Gasteiger partial charge on any atom is -0.381 e. The van der Waals surface area contributed by atoms with E-state index in [1.54, 1.807) is 0 Å². The predicted molar refractivity (Wildman–Crippen MR) is 88.1 cm³/mol. The van der Waals surface area contributed by atoms with E-state index < -0.39 is 0 Å². The fraction of sp³-hybridized carbons (Fsp3) is 0.632. The fourth-order valence-electron chi connectivity index (χ4n) is 3.76. The molecule has 0 bridgehead atoms. The first-order chi connectivity index (χ1) is 10.6. The van der Waals surface area contributed by atoms with Gasteiger partial charge in [0.1, 0.15) is 0 Å². The molecule has 2 saturated heterocycles. The number of ether oxygens (including phenoxy) is 1. The summed E-state index contributed by atoms with van der Waals surface area (Å²) in [4.78, 5) is 14.8. The molecule has 3 unspecified atom stereocenters. The van der Waals surface area contributed by atoms with E-state index in [1.165, 1.54) is 5.56 Å². The molecule has 0 saturated carbocycles. The van der Waals surface area contributed by atoms with E-state index in [4.69, 9.17) is 4.74 Å². The maximum absolute atomic E-state index is 12.7. The molecule has 2 aliphatic rings. The number of rotatable bonds is 2. The van der Waals surface area contributed by atoms with Crippen LogP contribution in [0.1, 0.15) is 55.5 Å². The van der Waals surface area contributed by atoms with Crippen LogP contribution in [0.2, 0.25) is 0 Å². The van der Waals surface area contributed by atoms with Crippen molar-refractivity contribution in [2.24, 2.45) is 11.8 Å². The number of benzene rings is 1. The Morgan fingerprint density at radius 2 is 1.73 bits per heavy atom. The van der Waals surface area contributed by atoms with Crippen LogP contribution in [-0.4, -0.2) is 36.6 Å². The number of hydrogen-bond donors (Lipinski definition) is 0. The van der Waals surface area contributed by atoms with Crippen molar-refractivity contribution >= 4 is 5.91 Å². The first-order valence-corrected chi connectivity index (χ1v) is 8.56. The molecular weight excluding hydrogens is 274 g/mol. The Morgan fingerprint density at radius 1 is 1.09 bits per heavy atom. The fourth-order valence-corrected chi connectivity index (χ4v) is 3.76. The van der Waals surface area contributed by atoms with Crippen LogP contribution in [0.3, 0.4) is 0 Å². The van der Waals surface area contributed by atoms with Crippen molar-refractivity contribution in [1.82, 2.24) is 4.90 Å². The number of likely N-dealkylation sites (tertiary alicyclic amines) is 1. The zero-order valence-corrected chi connectivity index (χ0v) is 13.9. The van der Waals surface area contributed by atoms with Crippen molar-refractivity contribution < 1.29 is 9.53 Å². The van der Waals surface area contributed by atoms with E-state index in [0.29, 0.717) is 23.8 Å². The molecule has 22 heavy (non-hydrogen) atoms. The average Bonchev–Trinajstić information content (AvgIpc) is 2.83. The molecule has 0 radical (unpaired) electrons. The van der Waals surface area contributed by atoms with Gasteiger partial charge in [0.05, 0.1) is 0 Å². The normalized spacial score (nSPS) is 29.8. The molecular formula is C19H27NO2. The highest BCUT2D eigenvalue weighted by Crippen LogP contribution is 2.31. The van der Waals surface area contributed by atoms with Crippen molar-refractivity contribution in [3.63, 3.8) is 0 Å². The summed E-state index contributed by atoms with van der Waals surface area (Å²) in [5.74, 6) is 1.93. The summed E-state index contributed by atoms with van der Waals surface area (Å²) in [7, 11) is 0. The maximum atomic E-state index is 12.7. The van der Waals surface area contributed by atoms with Gasteiger partial charge in [0.2, 0.25) is 0 Å². The molecule has 0 N–H and O–H groups in total. The summed E-state index contributed by atoms with van der Waals surface area (Å²) in [6, 6.07) is 8.62. The van der Waals surface area contributed by atoms with Gasteiger partial charge in [-0.05, 0) is 55.2 Å². The number of nitrogens with zero attached hydrogens (tertiary/aromatic N) is 1. The van der Waals surface area contributed by atoms with Gasteiger partial charge in [-0.25, -0.2) is 0 Å². The van der Waals surface area contributed by atoms with Crippen LogP contribution in [-0.2, 0) is 4.74 Å². The van der Waals surface area contributed by atoms with Gasteiger partial charge in [0, 0.05) is 31.4 Å². The smallest absolute Gasteiger partial charge is 0.254 e. The van der Waals surface area contributed by atoms with Crippen molar-refractivity contribution in [2.75, 3.05) is 19.8 Å². The highest BCUT2D eigenvalue weighted by atomic mass is 16.5. The number of amides is 1. The Labute approximate surface area is 133 Å². The lowest BCUT2D eigenvalue weighted by Crippen LogP contribution is -2.35. The van der Waals surface area contributed by atoms with Crippen LogP contribution in [0.5, 0.6) is 0 Å². The van der Waals surface area contributed by atoms with E-state index in [2.05, 4.69) is 32.9 Å². The zero-order valence-electron chi connectivity index (χ0n) is 13.9. The van der Waals surface area contributed by atoms with Gasteiger partial charge in [-0.3, -0.25) is 4.79 Å². The molecule has 0 spiro atoms. The van der Waals surface area contributed by atoms with Crippen LogP contribution < -0.4 is 0 Å². The SMILES string of the molecule is CC1CN(C(=O)c2ccc(C3CCOCC3)cc2)C(C)C1C. The van der Waals surface area contributed by atoms with Gasteiger partial charge in [0.15, 0.2) is 0 Å². The lowest BCUT2D eigenvalue weighted by atomic mass is 9.91. The number of carbonyl (C=O) groups excluding carboxylic acids is 1. The molecule has 0 aromatic heterocycles. The van der Waals surface area contributed by atoms with Crippen molar-refractivity contribution in [1.29, 1.82) is 0 Å². The van der Waals surface area contributed by atoms with Gasteiger partial charge < -0.3 is 9.64 Å². The Kier molecular flexibility index (Phi) is 4.53. The Hall–Kier alpha value is -1.35. The van der Waals surface area contributed by atoms with Crippen LogP contribution in [0.25, 0.3) is 0 Å². The van der Waals surface area contributed by atoms with Gasteiger partial charge in [0.25, 0.3) is 5.91 Å². The van der Waals surface area contributed by atoms with Crippen LogP contribution >= 0.6 is 0 Å². The van der Waals surface area contributed by atoms with Crippen LogP contribution in [0, 0.1) is 11.8 Å². The largest absolute Gasteiger partial charge is 0.381 e. The van der Waals surface area contributed by atoms with E-state index >= 15 is 0 Å². The molecule has 3 nitrogen and oxygen atoms in total.